The fourth-order valence-electron chi connectivity index (χ4n) is 2.53. The molecule has 1 aromatic carbocycles. The molecule has 0 unspecified atom stereocenters. The predicted molar refractivity (Wildman–Crippen MR) is 79.6 cm³/mol. The van der Waals surface area contributed by atoms with Gasteiger partial charge in [0.05, 0.1) is 0 Å². The molecule has 0 saturated heterocycles. The van der Waals surface area contributed by atoms with Gasteiger partial charge in [-0.2, -0.15) is 0 Å². The van der Waals surface area contributed by atoms with Gasteiger partial charge in [0, 0.05) is 18.7 Å². The van der Waals surface area contributed by atoms with E-state index in [4.69, 9.17) is 0 Å². The monoisotopic (exact) mass is 274 g/mol. The Balaban J connectivity index is 2.00. The summed E-state index contributed by atoms with van der Waals surface area (Å²) in [5.74, 6) is 0.199. The molecule has 4 heteroatoms. The second-order valence-corrected chi connectivity index (χ2v) is 5.76. The van der Waals surface area contributed by atoms with E-state index in [9.17, 15) is 9.59 Å². The van der Waals surface area contributed by atoms with Crippen LogP contribution in [-0.2, 0) is 16.0 Å². The summed E-state index contributed by atoms with van der Waals surface area (Å²) in [7, 11) is 0. The van der Waals surface area contributed by atoms with E-state index in [1.54, 1.807) is 11.8 Å². The lowest BCUT2D eigenvalue weighted by atomic mass is 10.1. The van der Waals surface area contributed by atoms with Crippen molar-refractivity contribution in [2.75, 3.05) is 11.4 Å². The summed E-state index contributed by atoms with van der Waals surface area (Å²) in [4.78, 5) is 26.0. The molecule has 1 atom stereocenters. The Labute approximate surface area is 120 Å². The molecule has 0 radical (unpaired) electrons. The van der Waals surface area contributed by atoms with E-state index in [2.05, 4.69) is 5.32 Å². The molecule has 0 saturated carbocycles. The Hall–Kier alpha value is -1.84. The quantitative estimate of drug-likeness (QED) is 0.914. The molecule has 108 valence electrons. The minimum absolute atomic E-state index is 0.0351. The maximum atomic E-state index is 12.4. The highest BCUT2D eigenvalue weighted by molar-refractivity contribution is 6.00. The number of nitrogens with zero attached hydrogens (tertiary/aromatic N) is 1. The molecule has 4 nitrogen and oxygen atoms in total. The highest BCUT2D eigenvalue weighted by atomic mass is 16.2. The first kappa shape index (κ1) is 14.6. The standard InChI is InChI=1S/C16H22N2O2/c1-11(2)10-15(19)17-12(3)16(20)18-9-8-13-6-4-5-7-14(13)18/h4-7,11-12H,8-10H2,1-3H3,(H,17,19)/t12-/m0/s1. The molecule has 1 aromatic rings. The van der Waals surface area contributed by atoms with Gasteiger partial charge < -0.3 is 10.2 Å². The Kier molecular flexibility index (Phi) is 4.42. The van der Waals surface area contributed by atoms with E-state index in [0.717, 1.165) is 12.1 Å². The largest absolute Gasteiger partial charge is 0.345 e. The molecule has 0 aliphatic carbocycles. The lowest BCUT2D eigenvalue weighted by Gasteiger charge is -2.22. The van der Waals surface area contributed by atoms with Crippen molar-refractivity contribution in [1.29, 1.82) is 0 Å². The van der Waals surface area contributed by atoms with E-state index in [-0.39, 0.29) is 11.8 Å². The zero-order valence-electron chi connectivity index (χ0n) is 12.3. The Morgan fingerprint density at radius 2 is 1.95 bits per heavy atom. The van der Waals surface area contributed by atoms with Gasteiger partial charge in [0.2, 0.25) is 11.8 Å². The lowest BCUT2D eigenvalue weighted by Crippen LogP contribution is -2.46. The third-order valence-electron chi connectivity index (χ3n) is 3.49. The summed E-state index contributed by atoms with van der Waals surface area (Å²) in [6.07, 6.45) is 1.34. The number of para-hydroxylation sites is 1. The maximum absolute atomic E-state index is 12.4. The molecule has 2 amide bonds. The van der Waals surface area contributed by atoms with Crippen LogP contribution in [0.25, 0.3) is 0 Å². The first-order chi connectivity index (χ1) is 9.49. The first-order valence-electron chi connectivity index (χ1n) is 7.17. The number of carbonyl (C=O) groups excluding carboxylic acids is 2. The fourth-order valence-corrected chi connectivity index (χ4v) is 2.53. The van der Waals surface area contributed by atoms with Crippen molar-refractivity contribution in [3.05, 3.63) is 29.8 Å². The highest BCUT2D eigenvalue weighted by Gasteiger charge is 2.28. The van der Waals surface area contributed by atoms with Crippen LogP contribution < -0.4 is 10.2 Å². The molecule has 1 aliphatic rings. The molecular formula is C16H22N2O2. The molecule has 1 heterocycles. The summed E-state index contributed by atoms with van der Waals surface area (Å²) in [6, 6.07) is 7.45. The van der Waals surface area contributed by atoms with Gasteiger partial charge in [-0.05, 0) is 30.9 Å². The summed E-state index contributed by atoms with van der Waals surface area (Å²) in [5.41, 5.74) is 2.17. The number of fused-ring (bicyclic) bond motifs is 1. The van der Waals surface area contributed by atoms with Crippen LogP contribution in [0.15, 0.2) is 24.3 Å². The van der Waals surface area contributed by atoms with Crippen LogP contribution in [0.1, 0.15) is 32.8 Å². The lowest BCUT2D eigenvalue weighted by molar-refractivity contribution is -0.127. The van der Waals surface area contributed by atoms with Gasteiger partial charge in [-0.15, -0.1) is 0 Å². The van der Waals surface area contributed by atoms with Crippen LogP contribution in [0.2, 0.25) is 0 Å². The molecule has 20 heavy (non-hydrogen) atoms. The summed E-state index contributed by atoms with van der Waals surface area (Å²) < 4.78 is 0. The smallest absolute Gasteiger partial charge is 0.249 e. The second-order valence-electron chi connectivity index (χ2n) is 5.76. The number of nitrogens with one attached hydrogen (secondary N) is 1. The minimum Gasteiger partial charge on any atom is -0.345 e. The number of benzene rings is 1. The molecule has 0 aromatic heterocycles. The normalized spacial score (nSPS) is 15.1. The zero-order chi connectivity index (χ0) is 14.7. The van der Waals surface area contributed by atoms with Gasteiger partial charge in [-0.1, -0.05) is 32.0 Å². The van der Waals surface area contributed by atoms with Gasteiger partial charge >= 0.3 is 0 Å². The van der Waals surface area contributed by atoms with Crippen molar-refractivity contribution >= 4 is 17.5 Å². The zero-order valence-corrected chi connectivity index (χ0v) is 12.3. The second kappa shape index (κ2) is 6.07. The van der Waals surface area contributed by atoms with Crippen LogP contribution in [0.4, 0.5) is 5.69 Å². The van der Waals surface area contributed by atoms with Gasteiger partial charge in [-0.3, -0.25) is 9.59 Å². The van der Waals surface area contributed by atoms with Gasteiger partial charge in [0.15, 0.2) is 0 Å². The first-order valence-corrected chi connectivity index (χ1v) is 7.17. The Bertz CT molecular complexity index is 511. The van der Waals surface area contributed by atoms with Crippen LogP contribution in [0, 0.1) is 5.92 Å². The molecule has 0 spiro atoms. The third-order valence-corrected chi connectivity index (χ3v) is 3.49. The van der Waals surface area contributed by atoms with E-state index < -0.39 is 6.04 Å². The van der Waals surface area contributed by atoms with Crippen molar-refractivity contribution < 1.29 is 9.59 Å². The SMILES string of the molecule is CC(C)CC(=O)N[C@@H](C)C(=O)N1CCc2ccccc21. The minimum atomic E-state index is -0.479. The van der Waals surface area contributed by atoms with Crippen LogP contribution in [0.5, 0.6) is 0 Å². The highest BCUT2D eigenvalue weighted by Crippen LogP contribution is 2.27. The van der Waals surface area contributed by atoms with Crippen LogP contribution in [-0.4, -0.2) is 24.4 Å². The van der Waals surface area contributed by atoms with Crippen LogP contribution >= 0.6 is 0 Å². The number of hydrogen-bond acceptors (Lipinski definition) is 2. The summed E-state index contributed by atoms with van der Waals surface area (Å²) >= 11 is 0. The molecular weight excluding hydrogens is 252 g/mol. The molecule has 2 rings (SSSR count). The third kappa shape index (κ3) is 3.18. The molecule has 0 bridgehead atoms. The van der Waals surface area contributed by atoms with Crippen molar-refractivity contribution in [2.45, 2.75) is 39.7 Å². The van der Waals surface area contributed by atoms with Crippen molar-refractivity contribution in [2.24, 2.45) is 5.92 Å². The van der Waals surface area contributed by atoms with E-state index in [1.807, 2.05) is 38.1 Å². The van der Waals surface area contributed by atoms with Crippen molar-refractivity contribution in [3.8, 4) is 0 Å². The predicted octanol–water partition coefficient (Wildman–Crippen LogP) is 2.13. The number of rotatable bonds is 4. The summed E-state index contributed by atoms with van der Waals surface area (Å²) in [6.45, 7) is 6.43. The fraction of sp³-hybridized carbons (Fsp3) is 0.500. The summed E-state index contributed by atoms with van der Waals surface area (Å²) in [5, 5.41) is 2.79. The number of anilines is 1. The number of carbonyl (C=O) groups is 2. The van der Waals surface area contributed by atoms with Crippen LogP contribution in [0.3, 0.4) is 0 Å². The van der Waals surface area contributed by atoms with E-state index >= 15 is 0 Å². The van der Waals surface area contributed by atoms with E-state index in [1.165, 1.54) is 5.56 Å². The van der Waals surface area contributed by atoms with Gasteiger partial charge in [0.25, 0.3) is 0 Å². The maximum Gasteiger partial charge on any atom is 0.249 e. The van der Waals surface area contributed by atoms with Crippen molar-refractivity contribution in [1.82, 2.24) is 5.32 Å². The molecule has 1 N–H and O–H groups in total. The number of amides is 2. The van der Waals surface area contributed by atoms with Crippen molar-refractivity contribution in [3.63, 3.8) is 0 Å². The molecule has 0 fully saturated rings. The van der Waals surface area contributed by atoms with Gasteiger partial charge in [0.1, 0.15) is 6.04 Å². The average Bonchev–Trinajstić information content (AvgIpc) is 2.80. The van der Waals surface area contributed by atoms with E-state index in [0.29, 0.717) is 18.9 Å². The Morgan fingerprint density at radius 1 is 1.25 bits per heavy atom. The molecule has 1 aliphatic heterocycles. The number of hydrogen-bond donors (Lipinski definition) is 1. The Morgan fingerprint density at radius 3 is 2.65 bits per heavy atom. The topological polar surface area (TPSA) is 49.4 Å². The van der Waals surface area contributed by atoms with Gasteiger partial charge in [-0.25, -0.2) is 0 Å². The average molecular weight is 274 g/mol.